The third-order valence-electron chi connectivity index (χ3n) is 3.69. The summed E-state index contributed by atoms with van der Waals surface area (Å²) in [7, 11) is 0. The number of fused-ring (bicyclic) bond motifs is 3. The molecule has 0 fully saturated rings. The quantitative estimate of drug-likeness (QED) is 0.458. The van der Waals surface area contributed by atoms with E-state index in [1.807, 2.05) is 50.2 Å². The molecule has 3 aromatic rings. The minimum atomic E-state index is 0.256. The fourth-order valence-corrected chi connectivity index (χ4v) is 2.47. The van der Waals surface area contributed by atoms with Gasteiger partial charge in [-0.3, -0.25) is 0 Å². The van der Waals surface area contributed by atoms with Crippen LogP contribution in [0.3, 0.4) is 0 Å². The highest BCUT2D eigenvalue weighted by atomic mass is 16.3. The summed E-state index contributed by atoms with van der Waals surface area (Å²) in [6.07, 6.45) is 0. The first-order valence-corrected chi connectivity index (χ1v) is 5.94. The molecule has 3 rings (SSSR count). The second kappa shape index (κ2) is 3.64. The normalized spacial score (nSPS) is 11.2. The maximum atomic E-state index is 10.4. The molecule has 2 heteroatoms. The summed E-state index contributed by atoms with van der Waals surface area (Å²) >= 11 is 0. The molecule has 0 amide bonds. The third-order valence-corrected chi connectivity index (χ3v) is 3.69. The number of phenolic OH excluding ortho intramolecular Hbond substituents is 2. The first kappa shape index (κ1) is 10.9. The van der Waals surface area contributed by atoms with Crippen LogP contribution in [0.2, 0.25) is 0 Å². The Morgan fingerprint density at radius 1 is 0.722 bits per heavy atom. The van der Waals surface area contributed by atoms with Gasteiger partial charge in [0.05, 0.1) is 0 Å². The second-order valence-electron chi connectivity index (χ2n) is 4.66. The zero-order chi connectivity index (χ0) is 12.9. The highest BCUT2D eigenvalue weighted by molar-refractivity contribution is 6.13. The molecule has 0 unspecified atom stereocenters. The summed E-state index contributed by atoms with van der Waals surface area (Å²) in [4.78, 5) is 0. The van der Waals surface area contributed by atoms with Crippen molar-refractivity contribution in [1.82, 2.24) is 0 Å². The van der Waals surface area contributed by atoms with Gasteiger partial charge in [0, 0.05) is 10.8 Å². The molecule has 0 aliphatic heterocycles. The Labute approximate surface area is 105 Å². The van der Waals surface area contributed by atoms with Crippen LogP contribution in [0.25, 0.3) is 21.5 Å². The van der Waals surface area contributed by atoms with Crippen LogP contribution < -0.4 is 0 Å². The van der Waals surface area contributed by atoms with E-state index >= 15 is 0 Å². The fourth-order valence-electron chi connectivity index (χ4n) is 2.47. The standard InChI is InChI=1S/C16H14O2/c1-9-10(2)16(18)14-12-6-4-3-5-11(12)7-8-13(14)15(9)17/h3-8,17-18H,1-2H3. The molecule has 2 N–H and O–H groups in total. The topological polar surface area (TPSA) is 40.5 Å². The van der Waals surface area contributed by atoms with E-state index in [1.165, 1.54) is 0 Å². The third kappa shape index (κ3) is 1.29. The van der Waals surface area contributed by atoms with E-state index in [2.05, 4.69) is 0 Å². The molecule has 3 aromatic carbocycles. The molecule has 0 spiro atoms. The molecule has 0 atom stereocenters. The van der Waals surface area contributed by atoms with Gasteiger partial charge in [-0.15, -0.1) is 0 Å². The molecule has 90 valence electrons. The number of rotatable bonds is 0. The number of phenols is 2. The van der Waals surface area contributed by atoms with Crippen molar-refractivity contribution in [3.63, 3.8) is 0 Å². The fraction of sp³-hybridized carbons (Fsp3) is 0.125. The minimum absolute atomic E-state index is 0.256. The largest absolute Gasteiger partial charge is 0.507 e. The molecule has 0 aromatic heterocycles. The van der Waals surface area contributed by atoms with Gasteiger partial charge in [-0.05, 0) is 41.8 Å². The van der Waals surface area contributed by atoms with E-state index in [0.29, 0.717) is 5.39 Å². The summed E-state index contributed by atoms with van der Waals surface area (Å²) in [6.45, 7) is 3.64. The van der Waals surface area contributed by atoms with Crippen molar-refractivity contribution in [2.45, 2.75) is 13.8 Å². The molecule has 0 aliphatic carbocycles. The van der Waals surface area contributed by atoms with Crippen LogP contribution in [-0.2, 0) is 0 Å². The van der Waals surface area contributed by atoms with E-state index in [0.717, 1.165) is 27.3 Å². The Hall–Kier alpha value is -2.22. The van der Waals surface area contributed by atoms with Crippen LogP contribution in [0.5, 0.6) is 11.5 Å². The second-order valence-corrected chi connectivity index (χ2v) is 4.66. The van der Waals surface area contributed by atoms with Gasteiger partial charge in [-0.2, -0.15) is 0 Å². The Morgan fingerprint density at radius 2 is 1.39 bits per heavy atom. The van der Waals surface area contributed by atoms with Gasteiger partial charge in [-0.1, -0.05) is 30.3 Å². The van der Waals surface area contributed by atoms with Crippen molar-refractivity contribution in [2.75, 3.05) is 0 Å². The SMILES string of the molecule is Cc1c(C)c(O)c2c(ccc3ccccc32)c1O. The van der Waals surface area contributed by atoms with E-state index in [9.17, 15) is 10.2 Å². The van der Waals surface area contributed by atoms with Gasteiger partial charge >= 0.3 is 0 Å². The molecule has 0 saturated carbocycles. The Balaban J connectivity index is 2.66. The average Bonchev–Trinajstić information content (AvgIpc) is 2.41. The van der Waals surface area contributed by atoms with Crippen LogP contribution in [0.4, 0.5) is 0 Å². The van der Waals surface area contributed by atoms with Crippen LogP contribution in [0.1, 0.15) is 11.1 Å². The van der Waals surface area contributed by atoms with Gasteiger partial charge in [-0.25, -0.2) is 0 Å². The van der Waals surface area contributed by atoms with E-state index in [1.54, 1.807) is 0 Å². The van der Waals surface area contributed by atoms with Crippen molar-refractivity contribution < 1.29 is 10.2 Å². The maximum absolute atomic E-state index is 10.4. The van der Waals surface area contributed by atoms with Crippen molar-refractivity contribution in [3.8, 4) is 11.5 Å². The molecular weight excluding hydrogens is 224 g/mol. The molecule has 0 bridgehead atoms. The molecule has 0 saturated heterocycles. The smallest absolute Gasteiger partial charge is 0.127 e. The molecule has 0 aliphatic rings. The monoisotopic (exact) mass is 238 g/mol. The minimum Gasteiger partial charge on any atom is -0.507 e. The molecule has 0 heterocycles. The van der Waals surface area contributed by atoms with Crippen molar-refractivity contribution in [3.05, 3.63) is 47.5 Å². The number of hydrogen-bond acceptors (Lipinski definition) is 2. The lowest BCUT2D eigenvalue weighted by Crippen LogP contribution is -1.88. The summed E-state index contributed by atoms with van der Waals surface area (Å²) in [5.41, 5.74) is 1.46. The number of aromatic hydroxyl groups is 2. The summed E-state index contributed by atoms with van der Waals surface area (Å²) < 4.78 is 0. The number of benzene rings is 3. The Morgan fingerprint density at radius 3 is 2.17 bits per heavy atom. The van der Waals surface area contributed by atoms with Crippen molar-refractivity contribution in [1.29, 1.82) is 0 Å². The van der Waals surface area contributed by atoms with Crippen LogP contribution in [0, 0.1) is 13.8 Å². The zero-order valence-electron chi connectivity index (χ0n) is 10.4. The van der Waals surface area contributed by atoms with Gasteiger partial charge in [0.25, 0.3) is 0 Å². The highest BCUT2D eigenvalue weighted by Gasteiger charge is 2.14. The highest BCUT2D eigenvalue weighted by Crippen LogP contribution is 2.41. The first-order valence-electron chi connectivity index (χ1n) is 5.94. The van der Waals surface area contributed by atoms with Crippen LogP contribution >= 0.6 is 0 Å². The van der Waals surface area contributed by atoms with Crippen molar-refractivity contribution >= 4 is 21.5 Å². The Bertz CT molecular complexity index is 773. The summed E-state index contributed by atoms with van der Waals surface area (Å²) in [6, 6.07) is 11.7. The molecular formula is C16H14O2. The lowest BCUT2D eigenvalue weighted by molar-refractivity contribution is 0.463. The predicted octanol–water partition coefficient (Wildman–Crippen LogP) is 4.02. The van der Waals surface area contributed by atoms with Crippen LogP contribution in [0.15, 0.2) is 36.4 Å². The molecule has 18 heavy (non-hydrogen) atoms. The average molecular weight is 238 g/mol. The first-order chi connectivity index (χ1) is 8.61. The Kier molecular flexibility index (Phi) is 2.20. The van der Waals surface area contributed by atoms with Gasteiger partial charge in [0.2, 0.25) is 0 Å². The maximum Gasteiger partial charge on any atom is 0.127 e. The van der Waals surface area contributed by atoms with E-state index in [-0.39, 0.29) is 11.5 Å². The van der Waals surface area contributed by atoms with E-state index < -0.39 is 0 Å². The van der Waals surface area contributed by atoms with Gasteiger partial charge < -0.3 is 10.2 Å². The molecule has 2 nitrogen and oxygen atoms in total. The lowest BCUT2D eigenvalue weighted by atomic mass is 9.95. The van der Waals surface area contributed by atoms with E-state index in [4.69, 9.17) is 0 Å². The van der Waals surface area contributed by atoms with Gasteiger partial charge in [0.1, 0.15) is 11.5 Å². The number of hydrogen-bond donors (Lipinski definition) is 2. The zero-order valence-corrected chi connectivity index (χ0v) is 10.4. The van der Waals surface area contributed by atoms with Crippen molar-refractivity contribution in [2.24, 2.45) is 0 Å². The summed E-state index contributed by atoms with van der Waals surface area (Å²) in [5, 5.41) is 24.0. The van der Waals surface area contributed by atoms with Gasteiger partial charge in [0.15, 0.2) is 0 Å². The van der Waals surface area contributed by atoms with Crippen LogP contribution in [-0.4, -0.2) is 10.2 Å². The lowest BCUT2D eigenvalue weighted by Gasteiger charge is -2.13. The molecule has 0 radical (unpaired) electrons. The summed E-state index contributed by atoms with van der Waals surface area (Å²) in [5.74, 6) is 0.517. The predicted molar refractivity (Wildman–Crippen MR) is 74.3 cm³/mol.